The predicted molar refractivity (Wildman–Crippen MR) is 69.2 cm³/mol. The molecular formula is C14H10O6. The van der Waals surface area contributed by atoms with Gasteiger partial charge in [-0.15, -0.1) is 0 Å². The third-order valence-electron chi connectivity index (χ3n) is 2.46. The number of hydrogen-bond donors (Lipinski definition) is 2. The Balaban J connectivity index is 2.51. The molecule has 0 spiro atoms. The first-order valence-electron chi connectivity index (χ1n) is 5.58. The number of rotatable bonds is 3. The van der Waals surface area contributed by atoms with Crippen molar-refractivity contribution in [3.05, 3.63) is 48.5 Å². The summed E-state index contributed by atoms with van der Waals surface area (Å²) in [5.41, 5.74) is 0.846. The molecule has 20 heavy (non-hydrogen) atoms. The lowest BCUT2D eigenvalue weighted by Gasteiger charge is -2.11. The summed E-state index contributed by atoms with van der Waals surface area (Å²) in [6.45, 7) is 0. The lowest BCUT2D eigenvalue weighted by molar-refractivity contribution is 0.142. The molecule has 6 nitrogen and oxygen atoms in total. The largest absolute Gasteiger partial charge is 0.511 e. The lowest BCUT2D eigenvalue weighted by atomic mass is 10.0. The van der Waals surface area contributed by atoms with Crippen molar-refractivity contribution in [2.75, 3.05) is 0 Å². The number of ether oxygens (including phenoxy) is 2. The highest BCUT2D eigenvalue weighted by molar-refractivity contribution is 5.79. The first kappa shape index (κ1) is 13.4. The number of carbonyl (C=O) groups is 2. The Bertz CT molecular complexity index is 592. The van der Waals surface area contributed by atoms with Crippen LogP contribution in [0.1, 0.15) is 0 Å². The van der Waals surface area contributed by atoms with E-state index in [4.69, 9.17) is 10.2 Å². The van der Waals surface area contributed by atoms with Crippen LogP contribution in [0.15, 0.2) is 48.5 Å². The van der Waals surface area contributed by atoms with Crippen LogP contribution in [-0.2, 0) is 0 Å². The molecule has 2 N–H and O–H groups in total. The maximum Gasteiger partial charge on any atom is 0.511 e. The highest BCUT2D eigenvalue weighted by Crippen LogP contribution is 2.36. The minimum atomic E-state index is -1.45. The Morgan fingerprint density at radius 1 is 0.700 bits per heavy atom. The van der Waals surface area contributed by atoms with Crippen molar-refractivity contribution in [2.24, 2.45) is 0 Å². The fraction of sp³-hybridized carbons (Fsp3) is 0. The average molecular weight is 274 g/mol. The molecule has 0 radical (unpaired) electrons. The van der Waals surface area contributed by atoms with Gasteiger partial charge >= 0.3 is 12.3 Å². The van der Waals surface area contributed by atoms with Crippen LogP contribution in [0.25, 0.3) is 11.1 Å². The van der Waals surface area contributed by atoms with Crippen LogP contribution < -0.4 is 9.47 Å². The maximum absolute atomic E-state index is 10.7. The molecule has 2 aromatic rings. The number of carboxylic acid groups (broad SMARTS) is 2. The summed E-state index contributed by atoms with van der Waals surface area (Å²) in [5.74, 6) is 0.197. The number of para-hydroxylation sites is 2. The zero-order valence-corrected chi connectivity index (χ0v) is 10.1. The van der Waals surface area contributed by atoms with Gasteiger partial charge in [-0.05, 0) is 12.1 Å². The van der Waals surface area contributed by atoms with Gasteiger partial charge < -0.3 is 19.7 Å². The minimum Gasteiger partial charge on any atom is -0.449 e. The van der Waals surface area contributed by atoms with Gasteiger partial charge in [0.2, 0.25) is 0 Å². The van der Waals surface area contributed by atoms with E-state index in [0.29, 0.717) is 11.1 Å². The van der Waals surface area contributed by atoms with Crippen LogP contribution in [0, 0.1) is 0 Å². The van der Waals surface area contributed by atoms with E-state index in [9.17, 15) is 9.59 Å². The van der Waals surface area contributed by atoms with Crippen LogP contribution in [0.2, 0.25) is 0 Å². The minimum absolute atomic E-state index is 0.0986. The molecule has 2 aromatic carbocycles. The first-order valence-corrected chi connectivity index (χ1v) is 5.58. The monoisotopic (exact) mass is 274 g/mol. The van der Waals surface area contributed by atoms with Crippen LogP contribution >= 0.6 is 0 Å². The first-order chi connectivity index (χ1) is 9.58. The molecule has 0 atom stereocenters. The van der Waals surface area contributed by atoms with Crippen molar-refractivity contribution in [3.63, 3.8) is 0 Å². The quantitative estimate of drug-likeness (QED) is 0.657. The summed E-state index contributed by atoms with van der Waals surface area (Å²) >= 11 is 0. The van der Waals surface area contributed by atoms with E-state index in [0.717, 1.165) is 0 Å². The zero-order chi connectivity index (χ0) is 14.5. The fourth-order valence-electron chi connectivity index (χ4n) is 1.74. The molecule has 0 aliphatic heterocycles. The van der Waals surface area contributed by atoms with E-state index in [1.807, 2.05) is 0 Å². The van der Waals surface area contributed by atoms with Gasteiger partial charge in [0.1, 0.15) is 11.5 Å². The van der Waals surface area contributed by atoms with E-state index < -0.39 is 12.3 Å². The Hall–Kier alpha value is -3.02. The molecule has 0 fully saturated rings. The Morgan fingerprint density at radius 2 is 1.05 bits per heavy atom. The van der Waals surface area contributed by atoms with Gasteiger partial charge in [0.25, 0.3) is 0 Å². The predicted octanol–water partition coefficient (Wildman–Crippen LogP) is 3.47. The molecule has 6 heteroatoms. The Morgan fingerprint density at radius 3 is 1.40 bits per heavy atom. The second-order valence-electron chi connectivity index (χ2n) is 3.73. The van der Waals surface area contributed by atoms with Gasteiger partial charge in [-0.3, -0.25) is 0 Å². The van der Waals surface area contributed by atoms with E-state index in [1.165, 1.54) is 12.1 Å². The summed E-state index contributed by atoms with van der Waals surface area (Å²) in [6, 6.07) is 12.8. The zero-order valence-electron chi connectivity index (χ0n) is 10.1. The van der Waals surface area contributed by atoms with E-state index in [-0.39, 0.29) is 11.5 Å². The molecule has 0 aromatic heterocycles. The van der Waals surface area contributed by atoms with Crippen molar-refractivity contribution < 1.29 is 29.3 Å². The van der Waals surface area contributed by atoms with E-state index in [1.54, 1.807) is 36.4 Å². The highest BCUT2D eigenvalue weighted by Gasteiger charge is 2.14. The third kappa shape index (κ3) is 3.05. The highest BCUT2D eigenvalue weighted by atomic mass is 16.7. The standard InChI is InChI=1S/C14H10O6/c15-13(16)19-11-7-3-1-5-9(11)10-6-2-4-8-12(10)20-14(17)18/h1-8H,(H,15,16)(H,17,18). The smallest absolute Gasteiger partial charge is 0.449 e. The van der Waals surface area contributed by atoms with Gasteiger partial charge in [-0.2, -0.15) is 0 Å². The third-order valence-corrected chi connectivity index (χ3v) is 2.46. The van der Waals surface area contributed by atoms with E-state index in [2.05, 4.69) is 9.47 Å². The Labute approximate surface area is 113 Å². The molecule has 0 aliphatic carbocycles. The summed E-state index contributed by atoms with van der Waals surface area (Å²) in [7, 11) is 0. The number of hydrogen-bond acceptors (Lipinski definition) is 4. The average Bonchev–Trinajstić information content (AvgIpc) is 2.39. The molecule has 2 rings (SSSR count). The van der Waals surface area contributed by atoms with Crippen LogP contribution in [0.4, 0.5) is 9.59 Å². The van der Waals surface area contributed by atoms with E-state index >= 15 is 0 Å². The Kier molecular flexibility index (Phi) is 3.85. The van der Waals surface area contributed by atoms with Crippen LogP contribution in [0.3, 0.4) is 0 Å². The summed E-state index contributed by atoms with van der Waals surface area (Å²) in [4.78, 5) is 21.3. The second kappa shape index (κ2) is 5.75. The van der Waals surface area contributed by atoms with Crippen molar-refractivity contribution in [1.82, 2.24) is 0 Å². The molecule has 0 amide bonds. The molecule has 0 bridgehead atoms. The maximum atomic E-state index is 10.7. The fourth-order valence-corrected chi connectivity index (χ4v) is 1.74. The van der Waals surface area contributed by atoms with Gasteiger partial charge in [0, 0.05) is 11.1 Å². The molecule has 0 aliphatic rings. The topological polar surface area (TPSA) is 93.1 Å². The van der Waals surface area contributed by atoms with Gasteiger partial charge in [0.15, 0.2) is 0 Å². The molecule has 0 saturated carbocycles. The summed E-state index contributed by atoms with van der Waals surface area (Å²) < 4.78 is 9.35. The SMILES string of the molecule is O=C(O)Oc1ccccc1-c1ccccc1OC(=O)O. The molecule has 0 heterocycles. The summed E-state index contributed by atoms with van der Waals surface area (Å²) in [6.07, 6.45) is -2.90. The molecule has 102 valence electrons. The van der Waals surface area contributed by atoms with Crippen molar-refractivity contribution >= 4 is 12.3 Å². The van der Waals surface area contributed by atoms with Gasteiger partial charge in [0.05, 0.1) is 0 Å². The van der Waals surface area contributed by atoms with Crippen molar-refractivity contribution in [3.8, 4) is 22.6 Å². The van der Waals surface area contributed by atoms with Gasteiger partial charge in [-0.25, -0.2) is 9.59 Å². The summed E-state index contributed by atoms with van der Waals surface area (Å²) in [5, 5.41) is 17.4. The molecule has 0 saturated heterocycles. The molecular weight excluding hydrogens is 264 g/mol. The lowest BCUT2D eigenvalue weighted by Crippen LogP contribution is -2.06. The van der Waals surface area contributed by atoms with Gasteiger partial charge in [-0.1, -0.05) is 36.4 Å². The second-order valence-corrected chi connectivity index (χ2v) is 3.73. The molecule has 0 unspecified atom stereocenters. The number of benzene rings is 2. The van der Waals surface area contributed by atoms with Crippen molar-refractivity contribution in [1.29, 1.82) is 0 Å². The van der Waals surface area contributed by atoms with Crippen LogP contribution in [-0.4, -0.2) is 22.5 Å². The van der Waals surface area contributed by atoms with Crippen molar-refractivity contribution in [2.45, 2.75) is 0 Å². The van der Waals surface area contributed by atoms with Crippen LogP contribution in [0.5, 0.6) is 11.5 Å². The normalized spacial score (nSPS) is 9.80.